The maximum atomic E-state index is 12.0. The van der Waals surface area contributed by atoms with E-state index in [1.807, 2.05) is 6.92 Å². The maximum Gasteiger partial charge on any atom is 0.309 e. The van der Waals surface area contributed by atoms with E-state index in [-0.39, 0.29) is 17.9 Å². The zero-order chi connectivity index (χ0) is 17.3. The van der Waals surface area contributed by atoms with Crippen molar-refractivity contribution in [3.63, 3.8) is 0 Å². The first kappa shape index (κ1) is 18.5. The van der Waals surface area contributed by atoms with Gasteiger partial charge in [0.25, 0.3) is 0 Å². The number of carbonyl (C=O) groups is 1. The fraction of sp³-hybridized carbons (Fsp3) is 0.850. The van der Waals surface area contributed by atoms with E-state index < -0.39 is 11.4 Å². The van der Waals surface area contributed by atoms with Gasteiger partial charge in [-0.1, -0.05) is 38.8 Å². The molecular weight excluding hydrogens is 288 g/mol. The number of hydrogen-bond donors (Lipinski definition) is 2. The maximum absolute atomic E-state index is 12.0. The molecule has 0 aliphatic heterocycles. The van der Waals surface area contributed by atoms with E-state index in [4.69, 9.17) is 5.11 Å². The smallest absolute Gasteiger partial charge is 0.309 e. The van der Waals surface area contributed by atoms with Crippen LogP contribution in [0.25, 0.3) is 0 Å². The number of fused-ring (bicyclic) bond motifs is 1. The van der Waals surface area contributed by atoms with Crippen molar-refractivity contribution < 1.29 is 15.0 Å². The summed E-state index contributed by atoms with van der Waals surface area (Å²) in [6.07, 6.45) is 7.92. The summed E-state index contributed by atoms with van der Waals surface area (Å²) in [6.45, 7) is 11.1. The summed E-state index contributed by atoms with van der Waals surface area (Å²) < 4.78 is 0. The van der Waals surface area contributed by atoms with Gasteiger partial charge in [0.15, 0.2) is 0 Å². The molecule has 2 fully saturated rings. The van der Waals surface area contributed by atoms with Gasteiger partial charge >= 0.3 is 5.97 Å². The molecule has 0 aromatic rings. The van der Waals surface area contributed by atoms with Crippen molar-refractivity contribution in [1.29, 1.82) is 0 Å². The molecule has 132 valence electrons. The van der Waals surface area contributed by atoms with Gasteiger partial charge in [-0.25, -0.2) is 0 Å². The first-order valence-electron chi connectivity index (χ1n) is 9.27. The zero-order valence-corrected chi connectivity index (χ0v) is 15.1. The Labute approximate surface area is 141 Å². The third kappa shape index (κ3) is 3.35. The van der Waals surface area contributed by atoms with Crippen molar-refractivity contribution in [3.05, 3.63) is 12.2 Å². The van der Waals surface area contributed by atoms with Crippen LogP contribution in [0, 0.1) is 28.6 Å². The van der Waals surface area contributed by atoms with E-state index >= 15 is 0 Å². The normalized spacial score (nSPS) is 38.9. The van der Waals surface area contributed by atoms with Crippen LogP contribution in [0.15, 0.2) is 12.2 Å². The zero-order valence-electron chi connectivity index (χ0n) is 15.1. The Balaban J connectivity index is 2.21. The van der Waals surface area contributed by atoms with Gasteiger partial charge in [-0.15, -0.1) is 0 Å². The Bertz CT molecular complexity index is 458. The van der Waals surface area contributed by atoms with E-state index in [1.165, 1.54) is 5.57 Å². The van der Waals surface area contributed by atoms with Gasteiger partial charge in [0.1, 0.15) is 0 Å². The Hall–Kier alpha value is -0.830. The summed E-state index contributed by atoms with van der Waals surface area (Å²) in [5.41, 5.74) is 0.817. The molecule has 0 unspecified atom stereocenters. The summed E-state index contributed by atoms with van der Waals surface area (Å²) >= 11 is 0. The summed E-state index contributed by atoms with van der Waals surface area (Å²) in [7, 11) is 0. The number of hydrogen-bond acceptors (Lipinski definition) is 2. The SMILES string of the molecule is C=C1CC[C@@H]2[C@](C)(CCC[C@@]2(C)C(=O)O)[C@@H]1CC[C@H](C)CCO. The van der Waals surface area contributed by atoms with Crippen LogP contribution in [-0.2, 0) is 4.79 Å². The molecule has 2 aliphatic carbocycles. The van der Waals surface area contributed by atoms with Crippen molar-refractivity contribution in [3.8, 4) is 0 Å². The molecule has 0 aromatic carbocycles. The molecule has 0 radical (unpaired) electrons. The summed E-state index contributed by atoms with van der Waals surface area (Å²) in [5.74, 6) is 0.589. The van der Waals surface area contributed by atoms with Gasteiger partial charge in [0, 0.05) is 6.61 Å². The highest BCUT2D eigenvalue weighted by Gasteiger charge is 2.57. The summed E-state index contributed by atoms with van der Waals surface area (Å²) in [5, 5.41) is 19.0. The molecular formula is C20H34O3. The number of allylic oxidation sites excluding steroid dienone is 1. The summed E-state index contributed by atoms with van der Waals surface area (Å²) in [6, 6.07) is 0. The highest BCUT2D eigenvalue weighted by Crippen LogP contribution is 2.62. The van der Waals surface area contributed by atoms with Gasteiger partial charge in [-0.2, -0.15) is 0 Å². The largest absolute Gasteiger partial charge is 0.481 e. The lowest BCUT2D eigenvalue weighted by atomic mass is 9.46. The lowest BCUT2D eigenvalue weighted by Gasteiger charge is -2.57. The van der Waals surface area contributed by atoms with Crippen LogP contribution in [-0.4, -0.2) is 22.8 Å². The molecule has 2 aliphatic rings. The van der Waals surface area contributed by atoms with Crippen LogP contribution in [0.1, 0.15) is 72.1 Å². The highest BCUT2D eigenvalue weighted by atomic mass is 16.4. The van der Waals surface area contributed by atoms with Crippen molar-refractivity contribution in [2.75, 3.05) is 6.61 Å². The minimum absolute atomic E-state index is 0.0691. The number of aliphatic hydroxyl groups is 1. The molecule has 5 atom stereocenters. The predicted molar refractivity (Wildman–Crippen MR) is 93.2 cm³/mol. The van der Waals surface area contributed by atoms with Crippen LogP contribution in [0.3, 0.4) is 0 Å². The van der Waals surface area contributed by atoms with Crippen LogP contribution in [0.2, 0.25) is 0 Å². The molecule has 0 aromatic heterocycles. The number of carboxylic acid groups (broad SMARTS) is 1. The number of aliphatic carboxylic acids is 1. The predicted octanol–water partition coefficient (Wildman–Crippen LogP) is 4.65. The van der Waals surface area contributed by atoms with E-state index in [9.17, 15) is 9.90 Å². The van der Waals surface area contributed by atoms with Crippen LogP contribution in [0.4, 0.5) is 0 Å². The molecule has 2 saturated carbocycles. The monoisotopic (exact) mass is 322 g/mol. The van der Waals surface area contributed by atoms with Crippen molar-refractivity contribution in [1.82, 2.24) is 0 Å². The molecule has 2 N–H and O–H groups in total. The fourth-order valence-electron chi connectivity index (χ4n) is 5.55. The minimum Gasteiger partial charge on any atom is -0.481 e. The number of carboxylic acids is 1. The molecule has 0 bridgehead atoms. The van der Waals surface area contributed by atoms with Crippen LogP contribution < -0.4 is 0 Å². The quantitative estimate of drug-likeness (QED) is 0.700. The van der Waals surface area contributed by atoms with Gasteiger partial charge in [0.05, 0.1) is 5.41 Å². The first-order chi connectivity index (χ1) is 10.8. The molecule has 2 rings (SSSR count). The third-order valence-corrected chi connectivity index (χ3v) is 7.08. The van der Waals surface area contributed by atoms with Gasteiger partial charge in [0.2, 0.25) is 0 Å². The molecule has 0 heterocycles. The average molecular weight is 322 g/mol. The molecule has 0 saturated heterocycles. The van der Waals surface area contributed by atoms with Crippen LogP contribution in [0.5, 0.6) is 0 Å². The van der Waals surface area contributed by atoms with E-state index in [0.29, 0.717) is 11.8 Å². The molecule has 0 spiro atoms. The standard InChI is InChI=1S/C20H34O3/c1-14(10-13-21)6-8-16-15(2)7-9-17-19(16,3)11-5-12-20(17,4)18(22)23/h14,16-17,21H,2,5-13H2,1,3-4H3,(H,22,23)/t14-,16+,17+,19+,20+/m0/s1. The van der Waals surface area contributed by atoms with Crippen molar-refractivity contribution in [2.45, 2.75) is 72.1 Å². The molecule has 3 heteroatoms. The average Bonchev–Trinajstić information content (AvgIpc) is 2.46. The summed E-state index contributed by atoms with van der Waals surface area (Å²) in [4.78, 5) is 12.0. The lowest BCUT2D eigenvalue weighted by Crippen LogP contribution is -2.53. The Morgan fingerprint density at radius 3 is 2.65 bits per heavy atom. The number of rotatable bonds is 6. The molecule has 3 nitrogen and oxygen atoms in total. The molecule has 23 heavy (non-hydrogen) atoms. The first-order valence-corrected chi connectivity index (χ1v) is 9.27. The second kappa shape index (κ2) is 6.96. The lowest BCUT2D eigenvalue weighted by molar-refractivity contribution is -0.164. The topological polar surface area (TPSA) is 57.5 Å². The fourth-order valence-corrected chi connectivity index (χ4v) is 5.55. The second-order valence-electron chi connectivity index (χ2n) is 8.58. The van der Waals surface area contributed by atoms with Crippen LogP contribution >= 0.6 is 0 Å². The minimum atomic E-state index is -0.617. The third-order valence-electron chi connectivity index (χ3n) is 7.08. The second-order valence-corrected chi connectivity index (χ2v) is 8.58. The highest BCUT2D eigenvalue weighted by molar-refractivity contribution is 5.75. The van der Waals surface area contributed by atoms with E-state index in [0.717, 1.165) is 51.4 Å². The van der Waals surface area contributed by atoms with E-state index in [1.54, 1.807) is 0 Å². The van der Waals surface area contributed by atoms with Gasteiger partial charge in [-0.3, -0.25) is 4.79 Å². The van der Waals surface area contributed by atoms with E-state index in [2.05, 4.69) is 20.4 Å². The van der Waals surface area contributed by atoms with Crippen molar-refractivity contribution >= 4 is 5.97 Å². The van der Waals surface area contributed by atoms with Crippen molar-refractivity contribution in [2.24, 2.45) is 28.6 Å². The number of aliphatic hydroxyl groups excluding tert-OH is 1. The Kier molecular flexibility index (Phi) is 5.60. The van der Waals surface area contributed by atoms with Gasteiger partial charge < -0.3 is 10.2 Å². The molecule has 0 amide bonds. The Morgan fingerprint density at radius 2 is 2.04 bits per heavy atom. The van der Waals surface area contributed by atoms with Gasteiger partial charge in [-0.05, 0) is 68.6 Å². The Morgan fingerprint density at radius 1 is 1.35 bits per heavy atom.